The molecule has 0 spiro atoms. The van der Waals surface area contributed by atoms with Crippen molar-refractivity contribution in [1.29, 1.82) is 0 Å². The summed E-state index contributed by atoms with van der Waals surface area (Å²) in [6.07, 6.45) is 3.03. The van der Waals surface area contributed by atoms with Gasteiger partial charge in [-0.25, -0.2) is 4.98 Å². The molecule has 1 unspecified atom stereocenters. The van der Waals surface area contributed by atoms with Gasteiger partial charge in [0.2, 0.25) is 0 Å². The van der Waals surface area contributed by atoms with Gasteiger partial charge in [0, 0.05) is 30.7 Å². The molecule has 2 rings (SSSR count). The maximum atomic E-state index is 4.54. The molecule has 1 atom stereocenters. The van der Waals surface area contributed by atoms with Crippen LogP contribution in [0.15, 0.2) is 35.8 Å². The van der Waals surface area contributed by atoms with Crippen LogP contribution in [0.1, 0.15) is 23.4 Å². The van der Waals surface area contributed by atoms with Crippen LogP contribution in [-0.2, 0) is 6.42 Å². The Kier molecular flexibility index (Phi) is 4.93. The summed E-state index contributed by atoms with van der Waals surface area (Å²) in [6.45, 7) is 3.13. The maximum absolute atomic E-state index is 4.54. The first kappa shape index (κ1) is 14.0. The van der Waals surface area contributed by atoms with Gasteiger partial charge in [-0.15, -0.1) is 11.3 Å². The summed E-state index contributed by atoms with van der Waals surface area (Å²) in [5.41, 5.74) is 1.22. The van der Waals surface area contributed by atoms with E-state index in [0.29, 0.717) is 6.04 Å². The second-order valence-electron chi connectivity index (χ2n) is 4.71. The summed E-state index contributed by atoms with van der Waals surface area (Å²) in [7, 11) is 4.06. The van der Waals surface area contributed by atoms with E-state index in [1.807, 2.05) is 24.6 Å². The third-order valence-electron chi connectivity index (χ3n) is 3.37. The fourth-order valence-electron chi connectivity index (χ4n) is 1.89. The molecule has 0 aliphatic heterocycles. The molecule has 2 aromatic heterocycles. The molecule has 0 saturated carbocycles. The van der Waals surface area contributed by atoms with Crippen LogP contribution in [0.3, 0.4) is 0 Å². The Morgan fingerprint density at radius 3 is 2.79 bits per heavy atom. The third-order valence-corrected chi connectivity index (χ3v) is 4.30. The molecule has 2 aromatic rings. The summed E-state index contributed by atoms with van der Waals surface area (Å²) < 4.78 is 0. The number of thiophene rings is 1. The number of nitrogens with one attached hydrogen (secondary N) is 1. The highest BCUT2D eigenvalue weighted by atomic mass is 32.1. The van der Waals surface area contributed by atoms with E-state index in [9.17, 15) is 0 Å². The summed E-state index contributed by atoms with van der Waals surface area (Å²) >= 11 is 1.81. The molecule has 0 aliphatic carbocycles. The SMILES string of the molecule is CNC(C)c1ccc(N(C)CCc2cccs2)nc1. The highest BCUT2D eigenvalue weighted by Gasteiger charge is 2.06. The zero-order chi connectivity index (χ0) is 13.7. The van der Waals surface area contributed by atoms with E-state index < -0.39 is 0 Å². The molecule has 2 heterocycles. The molecular weight excluding hydrogens is 254 g/mol. The summed E-state index contributed by atoms with van der Waals surface area (Å²) in [5.74, 6) is 1.03. The lowest BCUT2D eigenvalue weighted by Gasteiger charge is -2.18. The molecule has 102 valence electrons. The molecule has 0 aromatic carbocycles. The van der Waals surface area contributed by atoms with Crippen molar-refractivity contribution in [3.63, 3.8) is 0 Å². The summed E-state index contributed by atoms with van der Waals surface area (Å²) in [5, 5.41) is 5.35. The molecule has 0 amide bonds. The highest BCUT2D eigenvalue weighted by molar-refractivity contribution is 7.09. The lowest BCUT2D eigenvalue weighted by molar-refractivity contribution is 0.649. The van der Waals surface area contributed by atoms with Crippen LogP contribution in [0.5, 0.6) is 0 Å². The number of nitrogens with zero attached hydrogens (tertiary/aromatic N) is 2. The summed E-state index contributed by atoms with van der Waals surface area (Å²) in [4.78, 5) is 8.16. The second kappa shape index (κ2) is 6.68. The molecule has 19 heavy (non-hydrogen) atoms. The minimum Gasteiger partial charge on any atom is -0.359 e. The average Bonchev–Trinajstić information content (AvgIpc) is 2.97. The van der Waals surface area contributed by atoms with Gasteiger partial charge in [-0.05, 0) is 43.5 Å². The third kappa shape index (κ3) is 3.78. The Hall–Kier alpha value is -1.39. The van der Waals surface area contributed by atoms with E-state index >= 15 is 0 Å². The fraction of sp³-hybridized carbons (Fsp3) is 0.400. The van der Waals surface area contributed by atoms with Crippen molar-refractivity contribution in [3.8, 4) is 0 Å². The van der Waals surface area contributed by atoms with Crippen molar-refractivity contribution in [1.82, 2.24) is 10.3 Å². The number of hydrogen-bond donors (Lipinski definition) is 1. The largest absolute Gasteiger partial charge is 0.359 e. The maximum Gasteiger partial charge on any atom is 0.128 e. The Balaban J connectivity index is 1.93. The van der Waals surface area contributed by atoms with Crippen molar-refractivity contribution < 1.29 is 0 Å². The number of likely N-dealkylation sites (N-methyl/N-ethyl adjacent to an activating group) is 1. The zero-order valence-electron chi connectivity index (χ0n) is 11.8. The predicted octanol–water partition coefficient (Wildman–Crippen LogP) is 3.10. The minimum absolute atomic E-state index is 0.345. The van der Waals surface area contributed by atoms with Crippen LogP contribution in [0.2, 0.25) is 0 Å². The first-order valence-corrected chi connectivity index (χ1v) is 7.45. The van der Waals surface area contributed by atoms with Gasteiger partial charge in [0.1, 0.15) is 5.82 Å². The van der Waals surface area contributed by atoms with Crippen molar-refractivity contribution in [2.75, 3.05) is 25.5 Å². The smallest absolute Gasteiger partial charge is 0.128 e. The first-order chi connectivity index (χ1) is 9.20. The molecule has 0 radical (unpaired) electrons. The normalized spacial score (nSPS) is 12.4. The quantitative estimate of drug-likeness (QED) is 0.878. The number of anilines is 1. The van der Waals surface area contributed by atoms with Gasteiger partial charge in [-0.2, -0.15) is 0 Å². The van der Waals surface area contributed by atoms with E-state index in [0.717, 1.165) is 18.8 Å². The zero-order valence-corrected chi connectivity index (χ0v) is 12.6. The Labute approximate surface area is 119 Å². The van der Waals surface area contributed by atoms with Crippen LogP contribution in [0.4, 0.5) is 5.82 Å². The van der Waals surface area contributed by atoms with E-state index in [4.69, 9.17) is 0 Å². The first-order valence-electron chi connectivity index (χ1n) is 6.57. The molecule has 3 nitrogen and oxygen atoms in total. The minimum atomic E-state index is 0.345. The topological polar surface area (TPSA) is 28.2 Å². The van der Waals surface area contributed by atoms with Crippen LogP contribution in [0, 0.1) is 0 Å². The molecule has 0 saturated heterocycles. The second-order valence-corrected chi connectivity index (χ2v) is 5.74. The van der Waals surface area contributed by atoms with E-state index in [1.54, 1.807) is 0 Å². The Morgan fingerprint density at radius 2 is 2.21 bits per heavy atom. The van der Waals surface area contributed by atoms with Gasteiger partial charge in [-0.1, -0.05) is 12.1 Å². The van der Waals surface area contributed by atoms with Gasteiger partial charge in [0.25, 0.3) is 0 Å². The predicted molar refractivity (Wildman–Crippen MR) is 83.0 cm³/mol. The van der Waals surface area contributed by atoms with Crippen LogP contribution in [-0.4, -0.2) is 25.6 Å². The molecule has 0 aliphatic rings. The van der Waals surface area contributed by atoms with Crippen molar-refractivity contribution in [2.24, 2.45) is 0 Å². The van der Waals surface area contributed by atoms with Gasteiger partial charge < -0.3 is 10.2 Å². The standard InChI is InChI=1S/C15H21N3S/c1-12(16-2)13-6-7-15(17-11-13)18(3)9-8-14-5-4-10-19-14/h4-7,10-12,16H,8-9H2,1-3H3. The monoisotopic (exact) mass is 275 g/mol. The van der Waals surface area contributed by atoms with Crippen molar-refractivity contribution in [2.45, 2.75) is 19.4 Å². The molecule has 1 N–H and O–H groups in total. The van der Waals surface area contributed by atoms with Crippen molar-refractivity contribution >= 4 is 17.2 Å². The average molecular weight is 275 g/mol. The fourth-order valence-corrected chi connectivity index (χ4v) is 2.59. The molecular formula is C15H21N3S. The molecule has 4 heteroatoms. The number of rotatable bonds is 6. The Morgan fingerprint density at radius 1 is 1.37 bits per heavy atom. The van der Waals surface area contributed by atoms with E-state index in [1.165, 1.54) is 10.4 Å². The lowest BCUT2D eigenvalue weighted by Crippen LogP contribution is -2.21. The van der Waals surface area contributed by atoms with Gasteiger partial charge in [0.15, 0.2) is 0 Å². The van der Waals surface area contributed by atoms with Crippen LogP contribution >= 0.6 is 11.3 Å². The van der Waals surface area contributed by atoms with Gasteiger partial charge >= 0.3 is 0 Å². The van der Waals surface area contributed by atoms with Gasteiger partial charge in [-0.3, -0.25) is 0 Å². The van der Waals surface area contributed by atoms with Crippen molar-refractivity contribution in [3.05, 3.63) is 46.3 Å². The van der Waals surface area contributed by atoms with Crippen LogP contribution in [0.25, 0.3) is 0 Å². The lowest BCUT2D eigenvalue weighted by atomic mass is 10.1. The molecule has 0 bridgehead atoms. The number of hydrogen-bond acceptors (Lipinski definition) is 4. The summed E-state index contributed by atoms with van der Waals surface area (Å²) in [6, 6.07) is 8.87. The van der Waals surface area contributed by atoms with E-state index in [2.05, 4.69) is 58.8 Å². The highest BCUT2D eigenvalue weighted by Crippen LogP contribution is 2.16. The van der Waals surface area contributed by atoms with Crippen LogP contribution < -0.4 is 10.2 Å². The molecule has 0 fully saturated rings. The van der Waals surface area contributed by atoms with E-state index in [-0.39, 0.29) is 0 Å². The van der Waals surface area contributed by atoms with Gasteiger partial charge in [0.05, 0.1) is 0 Å². The Bertz CT molecular complexity index is 479. The number of pyridine rings is 1. The number of aromatic nitrogens is 1.